The SMILES string of the molecule is CCOc1ccccc1[P+](Cc1ccccc1)(c1ccccc1)c1ccccc1.[O-]c1ccccc1. The molecule has 0 N–H and O–H groups in total. The monoisotopic (exact) mass is 490 g/mol. The third kappa shape index (κ3) is 6.03. The van der Waals surface area contributed by atoms with Crippen LogP contribution in [0.1, 0.15) is 12.5 Å². The van der Waals surface area contributed by atoms with E-state index < -0.39 is 7.26 Å². The lowest BCUT2D eigenvalue weighted by Gasteiger charge is -2.29. The van der Waals surface area contributed by atoms with Crippen LogP contribution in [-0.2, 0) is 6.16 Å². The van der Waals surface area contributed by atoms with E-state index >= 15 is 0 Å². The second-order valence-corrected chi connectivity index (χ2v) is 11.8. The van der Waals surface area contributed by atoms with E-state index in [1.54, 1.807) is 12.1 Å². The Morgan fingerprint density at radius 3 is 1.47 bits per heavy atom. The Labute approximate surface area is 215 Å². The van der Waals surface area contributed by atoms with E-state index in [2.05, 4.69) is 122 Å². The Hall–Kier alpha value is -3.87. The maximum absolute atomic E-state index is 10.3. The standard InChI is InChI=1S/C27H26OP.C6H6O/c1-2-28-26-20-12-13-21-27(26)29(24-16-8-4-9-17-24,25-18-10-5-11-19-25)22-23-14-6-3-7-15-23;7-6-4-2-1-3-5-6/h3-21H,2,22H2,1H3;1-5,7H/q+1;/p-1. The summed E-state index contributed by atoms with van der Waals surface area (Å²) in [5.74, 6) is 1.06. The number of hydrogen-bond donors (Lipinski definition) is 0. The van der Waals surface area contributed by atoms with Gasteiger partial charge in [-0.1, -0.05) is 109 Å². The average Bonchev–Trinajstić information content (AvgIpc) is 2.95. The first-order valence-corrected chi connectivity index (χ1v) is 14.2. The highest BCUT2D eigenvalue weighted by atomic mass is 31.2. The molecule has 0 aromatic heterocycles. The first-order chi connectivity index (χ1) is 17.7. The number of ether oxygens (including phenoxy) is 1. The van der Waals surface area contributed by atoms with Crippen LogP contribution in [0.5, 0.6) is 11.5 Å². The summed E-state index contributed by atoms with van der Waals surface area (Å²) in [6.07, 6.45) is 0.964. The lowest BCUT2D eigenvalue weighted by molar-refractivity contribution is -0.268. The van der Waals surface area contributed by atoms with Gasteiger partial charge in [-0.2, -0.15) is 0 Å². The fraction of sp³-hybridized carbons (Fsp3) is 0.0909. The summed E-state index contributed by atoms with van der Waals surface area (Å²) in [4.78, 5) is 0. The van der Waals surface area contributed by atoms with E-state index in [0.29, 0.717) is 6.61 Å². The van der Waals surface area contributed by atoms with E-state index in [4.69, 9.17) is 4.74 Å². The fourth-order valence-corrected chi connectivity index (χ4v) is 8.75. The number of rotatable bonds is 7. The van der Waals surface area contributed by atoms with Gasteiger partial charge in [-0.05, 0) is 48.9 Å². The molecule has 3 heteroatoms. The van der Waals surface area contributed by atoms with Gasteiger partial charge in [0.1, 0.15) is 23.2 Å². The predicted molar refractivity (Wildman–Crippen MR) is 152 cm³/mol. The number of hydrogen-bond acceptors (Lipinski definition) is 2. The van der Waals surface area contributed by atoms with Gasteiger partial charge in [-0.25, -0.2) is 0 Å². The predicted octanol–water partition coefficient (Wildman–Crippen LogP) is 6.34. The van der Waals surface area contributed by atoms with Crippen LogP contribution in [0, 0.1) is 0 Å². The normalized spacial score (nSPS) is 10.7. The summed E-state index contributed by atoms with van der Waals surface area (Å²) in [5, 5.41) is 14.3. The van der Waals surface area contributed by atoms with Gasteiger partial charge in [0.2, 0.25) is 0 Å². The van der Waals surface area contributed by atoms with E-state index in [1.807, 2.05) is 6.07 Å². The molecular weight excluding hydrogens is 459 g/mol. The zero-order valence-electron chi connectivity index (χ0n) is 20.5. The molecule has 0 aliphatic heterocycles. The molecule has 0 amide bonds. The third-order valence-corrected chi connectivity index (χ3v) is 10.4. The van der Waals surface area contributed by atoms with Gasteiger partial charge in [0.15, 0.2) is 5.75 Å². The minimum atomic E-state index is -1.97. The highest BCUT2D eigenvalue weighted by Gasteiger charge is 2.47. The largest absolute Gasteiger partial charge is 0.872 e. The third-order valence-electron chi connectivity index (χ3n) is 5.98. The van der Waals surface area contributed by atoms with Crippen molar-refractivity contribution in [3.05, 3.63) is 151 Å². The van der Waals surface area contributed by atoms with Crippen molar-refractivity contribution in [3.8, 4) is 11.5 Å². The zero-order valence-corrected chi connectivity index (χ0v) is 21.4. The first kappa shape index (κ1) is 25.2. The molecular formula is C33H31O2P. The molecule has 36 heavy (non-hydrogen) atoms. The van der Waals surface area contributed by atoms with Gasteiger partial charge in [0.05, 0.1) is 12.8 Å². The summed E-state index contributed by atoms with van der Waals surface area (Å²) in [5.41, 5.74) is 1.35. The molecule has 5 aromatic rings. The van der Waals surface area contributed by atoms with E-state index in [-0.39, 0.29) is 5.75 Å². The summed E-state index contributed by atoms with van der Waals surface area (Å²) in [6, 6.07) is 49.7. The zero-order chi connectivity index (χ0) is 25.1. The smallest absolute Gasteiger partial charge is 0.162 e. The molecule has 0 saturated heterocycles. The Balaban J connectivity index is 0.000000375. The van der Waals surface area contributed by atoms with Gasteiger partial charge < -0.3 is 9.84 Å². The van der Waals surface area contributed by atoms with Crippen molar-refractivity contribution in [1.29, 1.82) is 0 Å². The van der Waals surface area contributed by atoms with Crippen molar-refractivity contribution >= 4 is 23.2 Å². The molecule has 5 aromatic carbocycles. The molecule has 0 fully saturated rings. The molecule has 0 radical (unpaired) electrons. The second-order valence-electron chi connectivity index (χ2n) is 8.34. The van der Waals surface area contributed by atoms with Gasteiger partial charge in [-0.15, -0.1) is 5.75 Å². The van der Waals surface area contributed by atoms with Crippen molar-refractivity contribution < 1.29 is 9.84 Å². The van der Waals surface area contributed by atoms with Crippen LogP contribution < -0.4 is 25.8 Å². The molecule has 0 saturated carbocycles. The molecule has 0 unspecified atom stereocenters. The Morgan fingerprint density at radius 1 is 0.556 bits per heavy atom. The molecule has 180 valence electrons. The summed E-state index contributed by atoms with van der Waals surface area (Å²) < 4.78 is 6.15. The Bertz CT molecular complexity index is 1270. The molecule has 0 heterocycles. The molecule has 0 aliphatic carbocycles. The lowest BCUT2D eigenvalue weighted by Crippen LogP contribution is -2.33. The molecule has 0 aliphatic rings. The fourth-order valence-electron chi connectivity index (χ4n) is 4.39. The van der Waals surface area contributed by atoms with Gasteiger partial charge in [0, 0.05) is 0 Å². The number of para-hydroxylation sites is 2. The molecule has 0 atom stereocenters. The van der Waals surface area contributed by atoms with Crippen molar-refractivity contribution in [3.63, 3.8) is 0 Å². The summed E-state index contributed by atoms with van der Waals surface area (Å²) >= 11 is 0. The van der Waals surface area contributed by atoms with Crippen LogP contribution in [0.25, 0.3) is 0 Å². The average molecular weight is 491 g/mol. The molecule has 2 nitrogen and oxygen atoms in total. The van der Waals surface area contributed by atoms with Crippen LogP contribution >= 0.6 is 7.26 Å². The van der Waals surface area contributed by atoms with Crippen molar-refractivity contribution in [2.24, 2.45) is 0 Å². The summed E-state index contributed by atoms with van der Waals surface area (Å²) in [7, 11) is -1.97. The highest BCUT2D eigenvalue weighted by molar-refractivity contribution is 7.95. The Morgan fingerprint density at radius 2 is 1.00 bits per heavy atom. The van der Waals surface area contributed by atoms with Gasteiger partial charge >= 0.3 is 0 Å². The van der Waals surface area contributed by atoms with E-state index in [9.17, 15) is 5.11 Å². The van der Waals surface area contributed by atoms with Gasteiger partial charge in [-0.3, -0.25) is 0 Å². The summed E-state index contributed by atoms with van der Waals surface area (Å²) in [6.45, 7) is 2.71. The molecule has 0 bridgehead atoms. The van der Waals surface area contributed by atoms with Crippen molar-refractivity contribution in [2.45, 2.75) is 13.1 Å². The van der Waals surface area contributed by atoms with Crippen LogP contribution in [0.15, 0.2) is 146 Å². The van der Waals surface area contributed by atoms with Crippen molar-refractivity contribution in [2.75, 3.05) is 6.61 Å². The van der Waals surface area contributed by atoms with Crippen molar-refractivity contribution in [1.82, 2.24) is 0 Å². The minimum absolute atomic E-state index is 0.0718. The number of benzene rings is 5. The molecule has 5 rings (SSSR count). The first-order valence-electron chi connectivity index (χ1n) is 12.2. The lowest BCUT2D eigenvalue weighted by atomic mass is 10.2. The highest BCUT2D eigenvalue weighted by Crippen LogP contribution is 2.59. The van der Waals surface area contributed by atoms with Crippen LogP contribution in [0.3, 0.4) is 0 Å². The van der Waals surface area contributed by atoms with E-state index in [1.165, 1.54) is 33.6 Å². The van der Waals surface area contributed by atoms with Crippen LogP contribution in [0.4, 0.5) is 0 Å². The van der Waals surface area contributed by atoms with Gasteiger partial charge in [0.25, 0.3) is 0 Å². The maximum atomic E-state index is 10.3. The van der Waals surface area contributed by atoms with E-state index in [0.717, 1.165) is 11.9 Å². The van der Waals surface area contributed by atoms with Crippen LogP contribution in [0.2, 0.25) is 0 Å². The topological polar surface area (TPSA) is 32.3 Å². The second kappa shape index (κ2) is 12.7. The minimum Gasteiger partial charge on any atom is -0.872 e. The quantitative estimate of drug-likeness (QED) is 0.249. The maximum Gasteiger partial charge on any atom is 0.162 e. The van der Waals surface area contributed by atoms with Crippen LogP contribution in [-0.4, -0.2) is 6.61 Å². The Kier molecular flexibility index (Phi) is 8.92. The molecule has 0 spiro atoms.